The number of benzene rings is 4. The molecule has 0 aliphatic carbocycles. The molecule has 97 heavy (non-hydrogen) atoms. The van der Waals surface area contributed by atoms with E-state index >= 15 is 0 Å². The maximum absolute atomic E-state index is 13.7. The number of amides is 9. The number of aromatic nitrogens is 2. The molecule has 4 aliphatic heterocycles. The zero-order valence-corrected chi connectivity index (χ0v) is 56.4. The molecule has 9 amide bonds. The van der Waals surface area contributed by atoms with Gasteiger partial charge in [0.25, 0.3) is 11.8 Å². The molecule has 0 bridgehead atoms. The first-order valence-electron chi connectivity index (χ1n) is 31.4. The highest BCUT2D eigenvalue weighted by molar-refractivity contribution is 7.13. The number of carbonyl (C=O) groups excluding carboxylic acids is 9. The van der Waals surface area contributed by atoms with Crippen molar-refractivity contribution >= 4 is 75.8 Å². The highest BCUT2D eigenvalue weighted by Gasteiger charge is 2.52. The minimum atomic E-state index is -5.05. The van der Waals surface area contributed by atoms with Crippen LogP contribution in [-0.2, 0) is 64.5 Å². The van der Waals surface area contributed by atoms with Gasteiger partial charge in [0.2, 0.25) is 47.4 Å². The lowest BCUT2D eigenvalue weighted by Gasteiger charge is -2.35. The van der Waals surface area contributed by atoms with Crippen molar-refractivity contribution < 1.29 is 76.4 Å². The zero-order chi connectivity index (χ0) is 70.6. The van der Waals surface area contributed by atoms with Crippen LogP contribution < -0.4 is 31.3 Å². The number of methoxy groups -OCH3 is 1. The number of aliphatic hydroxyl groups excluding tert-OH is 3. The molecule has 9 atom stereocenters. The number of ether oxygens (including phenoxy) is 1. The van der Waals surface area contributed by atoms with Crippen molar-refractivity contribution in [2.24, 2.45) is 5.92 Å². The van der Waals surface area contributed by atoms with Crippen LogP contribution in [0.1, 0.15) is 97.9 Å². The third kappa shape index (κ3) is 18.7. The zero-order valence-electron chi connectivity index (χ0n) is 54.8. The van der Waals surface area contributed by atoms with Crippen LogP contribution in [0.3, 0.4) is 0 Å². The lowest BCUT2D eigenvalue weighted by Crippen LogP contribution is -2.58. The fraction of sp³-hybridized carbons (Fsp3) is 0.426. The van der Waals surface area contributed by atoms with Gasteiger partial charge in [0, 0.05) is 84.5 Å². The lowest BCUT2D eigenvalue weighted by molar-refractivity contribution is -0.179. The minimum absolute atomic E-state index is 0.0671. The smallest absolute Gasteiger partial charge is 0.417 e. The average Bonchev–Trinajstić information content (AvgIpc) is 1.69. The van der Waals surface area contributed by atoms with Gasteiger partial charge in [0.05, 0.1) is 57.6 Å². The Morgan fingerprint density at radius 3 is 1.36 bits per heavy atom. The van der Waals surface area contributed by atoms with Gasteiger partial charge in [-0.25, -0.2) is 9.97 Å². The van der Waals surface area contributed by atoms with Crippen LogP contribution in [0, 0.1) is 19.8 Å². The second-order valence-electron chi connectivity index (χ2n) is 24.5. The summed E-state index contributed by atoms with van der Waals surface area (Å²) in [5.74, 6) is -4.49. The first-order valence-corrected chi connectivity index (χ1v) is 33.2. The fourth-order valence-corrected chi connectivity index (χ4v) is 13.6. The van der Waals surface area contributed by atoms with E-state index in [9.17, 15) is 71.6 Å². The molecular formula is C68H80F3N11O13S2. The molecule has 6 heterocycles. The Labute approximate surface area is 567 Å². The van der Waals surface area contributed by atoms with Crippen molar-refractivity contribution in [1.29, 1.82) is 0 Å². The van der Waals surface area contributed by atoms with Gasteiger partial charge in [0.15, 0.2) is 0 Å². The van der Waals surface area contributed by atoms with Crippen LogP contribution in [0.4, 0.5) is 13.2 Å². The summed E-state index contributed by atoms with van der Waals surface area (Å²) >= 11 is 3.09. The van der Waals surface area contributed by atoms with Gasteiger partial charge in [-0.2, -0.15) is 13.2 Å². The van der Waals surface area contributed by atoms with Crippen molar-refractivity contribution in [3.63, 3.8) is 0 Å². The number of fused-ring (bicyclic) bond motifs is 1. The van der Waals surface area contributed by atoms with Crippen molar-refractivity contribution in [3.05, 3.63) is 147 Å². The predicted octanol–water partition coefficient (Wildman–Crippen LogP) is 4.94. The molecule has 3 saturated heterocycles. The maximum atomic E-state index is 13.7. The second kappa shape index (κ2) is 32.7. The van der Waals surface area contributed by atoms with Crippen LogP contribution in [0.25, 0.3) is 20.9 Å². The number of alkyl halides is 3. The van der Waals surface area contributed by atoms with Crippen molar-refractivity contribution in [2.75, 3.05) is 26.7 Å². The summed E-state index contributed by atoms with van der Waals surface area (Å²) in [6, 6.07) is 22.8. The molecule has 29 heteroatoms. The highest BCUT2D eigenvalue weighted by Crippen LogP contribution is 2.33. The Morgan fingerprint density at radius 1 is 0.588 bits per heavy atom. The molecular weight excluding hydrogens is 1300 g/mol. The third-order valence-corrected chi connectivity index (χ3v) is 18.8. The number of carbonyl (C=O) groups is 9. The Morgan fingerprint density at radius 2 is 0.990 bits per heavy atom. The Balaban J connectivity index is 0.000000186. The second-order valence-corrected chi connectivity index (χ2v) is 26.2. The van der Waals surface area contributed by atoms with Crippen LogP contribution in [0.15, 0.2) is 108 Å². The molecule has 24 nitrogen and oxygen atoms in total. The van der Waals surface area contributed by atoms with E-state index in [1.165, 1.54) is 28.1 Å². The Hall–Kier alpha value is -9.16. The molecule has 2 aromatic heterocycles. The van der Waals surface area contributed by atoms with E-state index < -0.39 is 85.0 Å². The molecule has 4 aromatic carbocycles. The number of nitrogens with zero attached hydrogens (tertiary/aromatic N) is 6. The topological polar surface area (TPSA) is 322 Å². The molecule has 8 N–H and O–H groups in total. The van der Waals surface area contributed by atoms with Gasteiger partial charge in [0.1, 0.15) is 36.0 Å². The van der Waals surface area contributed by atoms with Crippen LogP contribution in [0.2, 0.25) is 0 Å². The molecule has 6 aromatic rings. The number of hydrogen-bond acceptors (Lipinski definition) is 17. The van der Waals surface area contributed by atoms with Gasteiger partial charge in [-0.05, 0) is 78.3 Å². The Bertz CT molecular complexity index is 3800. The standard InChI is InChI=1S/C26H31N3O5.C21H23F3N4O4S.C21H26N4O4S/c1-16(2)23(29-14-18-6-4-5-7-21(18)25(29)32)26(33)28-15-19(30)12-22(28)24(31)27-13-17-8-10-20(34-3)11-9-17;1-11-17(33-10-26-11)14-5-3-13(4-6-14)8-25-19(31)16-7-15(30)9-28(16)20(32)18(21(22,23)24)27-12(2)29;1-12-19(30-11-23-12)16-6-4-15(5-7-16)9-22-20(28)18-8-17(27)10-25(18)21(29)13(2)24-14(3)26/h4-11,16,19,22-23,30H,12-15H2,1-3H3,(H,27,31);3-6,10,15-16,18,30H,7-9H2,1-2H3,(H,25,31)(H,27,29);4-7,11,13,17-18,27H,8-10H2,1-3H3,(H,22,28)(H,24,26)/t19-,22+,23+;15-,16+,18?;13-,17+,18-/m110/s1. The normalized spacial score (nSPS) is 19.7. The number of aryl methyl sites for hydroxylation is 2. The summed E-state index contributed by atoms with van der Waals surface area (Å²) in [7, 11) is 1.59. The Kier molecular flexibility index (Phi) is 24.8. The molecule has 1 unspecified atom stereocenters. The van der Waals surface area contributed by atoms with Gasteiger partial charge < -0.3 is 66.2 Å². The van der Waals surface area contributed by atoms with E-state index in [-0.39, 0.29) is 80.3 Å². The molecule has 10 rings (SSSR count). The monoisotopic (exact) mass is 1380 g/mol. The van der Waals surface area contributed by atoms with Gasteiger partial charge in [-0.3, -0.25) is 43.2 Å². The number of nitrogens with one attached hydrogen (secondary N) is 5. The average molecular weight is 1380 g/mol. The van der Waals surface area contributed by atoms with E-state index in [1.807, 2.05) is 112 Å². The molecule has 0 saturated carbocycles. The van der Waals surface area contributed by atoms with E-state index in [2.05, 4.69) is 31.2 Å². The molecule has 0 spiro atoms. The van der Waals surface area contributed by atoms with E-state index in [4.69, 9.17) is 4.74 Å². The summed E-state index contributed by atoms with van der Waals surface area (Å²) < 4.78 is 45.1. The highest BCUT2D eigenvalue weighted by atomic mass is 32.1. The molecule has 4 aliphatic rings. The number of hydrogen-bond donors (Lipinski definition) is 8. The maximum Gasteiger partial charge on any atom is 0.417 e. The van der Waals surface area contributed by atoms with Gasteiger partial charge in [-0.15, -0.1) is 22.7 Å². The number of thiazole rings is 2. The SMILES string of the molecule is CC(=O)NC(C(=O)N1C[C@H](O)C[C@H]1C(=O)NCc1ccc(-c2scnc2C)cc1)C(F)(F)F.CC(=O)N[C@@H](C)C(=O)N1C[C@H](O)C[C@H]1C(=O)NCc1ccc(-c2scnc2C)cc1.COc1ccc(CNC(=O)[C@@H]2C[C@@H](O)CN2C(=O)[C@H](C(C)C)N2Cc3ccccc3C2=O)cc1. The quantitative estimate of drug-likeness (QED) is 0.0533. The number of aliphatic hydroxyl groups is 3. The third-order valence-electron chi connectivity index (χ3n) is 16.9. The molecule has 3 fully saturated rings. The fourth-order valence-electron chi connectivity index (χ4n) is 12.0. The molecule has 0 radical (unpaired) electrons. The summed E-state index contributed by atoms with van der Waals surface area (Å²) in [6.07, 6.45) is -7.62. The van der Waals surface area contributed by atoms with Gasteiger partial charge >= 0.3 is 6.18 Å². The number of halogens is 3. The lowest BCUT2D eigenvalue weighted by atomic mass is 10.0. The van der Waals surface area contributed by atoms with E-state index in [1.54, 1.807) is 59.3 Å². The number of likely N-dealkylation sites (tertiary alicyclic amines) is 3. The van der Waals surface area contributed by atoms with Crippen molar-refractivity contribution in [1.82, 2.24) is 56.2 Å². The summed E-state index contributed by atoms with van der Waals surface area (Å²) in [5, 5.41) is 42.7. The van der Waals surface area contributed by atoms with Crippen molar-refractivity contribution in [3.8, 4) is 26.6 Å². The van der Waals surface area contributed by atoms with E-state index in [0.29, 0.717) is 30.1 Å². The minimum Gasteiger partial charge on any atom is -0.497 e. The molecule has 518 valence electrons. The first kappa shape index (κ1) is 73.6. The van der Waals surface area contributed by atoms with E-state index in [0.717, 1.165) is 67.2 Å². The number of rotatable bonds is 19. The first-order chi connectivity index (χ1) is 46.0. The van der Waals surface area contributed by atoms with Crippen LogP contribution >= 0.6 is 22.7 Å². The number of β-amino-alcohol motifs (C(OH)–C–C–N with tert-alkyl or cyclic N) is 3. The largest absolute Gasteiger partial charge is 0.497 e. The van der Waals surface area contributed by atoms with Crippen LogP contribution in [0.5, 0.6) is 5.75 Å². The summed E-state index contributed by atoms with van der Waals surface area (Å²) in [4.78, 5) is 128. The summed E-state index contributed by atoms with van der Waals surface area (Å²) in [5.41, 5.74) is 11.6. The predicted molar refractivity (Wildman–Crippen MR) is 353 cm³/mol. The van der Waals surface area contributed by atoms with Gasteiger partial charge in [-0.1, -0.05) is 92.7 Å². The van der Waals surface area contributed by atoms with Crippen molar-refractivity contribution in [2.45, 2.75) is 155 Å². The van der Waals surface area contributed by atoms with Crippen LogP contribution in [-0.4, -0.2) is 186 Å². The summed E-state index contributed by atoms with van der Waals surface area (Å²) in [6.45, 7) is 12.2.